The van der Waals surface area contributed by atoms with Crippen LogP contribution in [0.3, 0.4) is 0 Å². The van der Waals surface area contributed by atoms with E-state index in [1.807, 2.05) is 43.5 Å². The molecule has 0 aliphatic rings. The van der Waals surface area contributed by atoms with Crippen molar-refractivity contribution in [3.63, 3.8) is 0 Å². The Morgan fingerprint density at radius 3 is 2.61 bits per heavy atom. The third kappa shape index (κ3) is 1.52. The van der Waals surface area contributed by atoms with Crippen molar-refractivity contribution in [2.75, 3.05) is 0 Å². The van der Waals surface area contributed by atoms with Gasteiger partial charge >= 0.3 is 5.56 Å². The van der Waals surface area contributed by atoms with Crippen LogP contribution in [0, 0.1) is 0 Å². The minimum Gasteiger partial charge on any atom is -0.280 e. The molecule has 2 heterocycles. The molecular formula is C13H12N4O. The summed E-state index contributed by atoms with van der Waals surface area (Å²) < 4.78 is 3.31. The first-order valence-electron chi connectivity index (χ1n) is 5.82. The second-order valence-corrected chi connectivity index (χ2v) is 3.97. The van der Waals surface area contributed by atoms with Crippen molar-refractivity contribution in [1.82, 2.24) is 19.2 Å². The van der Waals surface area contributed by atoms with Crippen molar-refractivity contribution in [1.29, 1.82) is 0 Å². The quantitative estimate of drug-likeness (QED) is 0.681. The van der Waals surface area contributed by atoms with Gasteiger partial charge in [0.25, 0.3) is 0 Å². The molecule has 0 spiro atoms. The number of hydrogen-bond donors (Lipinski definition) is 0. The largest absolute Gasteiger partial charge is 0.300 e. The fourth-order valence-electron chi connectivity index (χ4n) is 1.97. The molecule has 90 valence electrons. The zero-order valence-electron chi connectivity index (χ0n) is 9.95. The molecule has 5 heteroatoms. The predicted molar refractivity (Wildman–Crippen MR) is 68.0 cm³/mol. The molecule has 0 aliphatic heterocycles. The van der Waals surface area contributed by atoms with E-state index in [9.17, 15) is 4.79 Å². The molecule has 3 rings (SSSR count). The Morgan fingerprint density at radius 1 is 1.11 bits per heavy atom. The van der Waals surface area contributed by atoms with Gasteiger partial charge < -0.3 is 0 Å². The summed E-state index contributed by atoms with van der Waals surface area (Å²) in [6, 6.07) is 9.48. The first kappa shape index (κ1) is 10.7. The highest BCUT2D eigenvalue weighted by molar-refractivity contribution is 5.40. The predicted octanol–water partition coefficient (Wildman–Crippen LogP) is 1.44. The van der Waals surface area contributed by atoms with Gasteiger partial charge in [-0.15, -0.1) is 10.2 Å². The number of hydrogen-bond acceptors (Lipinski definition) is 3. The van der Waals surface area contributed by atoms with Crippen LogP contribution in [0.1, 0.15) is 12.7 Å². The van der Waals surface area contributed by atoms with E-state index in [4.69, 9.17) is 0 Å². The summed E-state index contributed by atoms with van der Waals surface area (Å²) in [6.45, 7) is 1.99. The van der Waals surface area contributed by atoms with Gasteiger partial charge in [-0.3, -0.25) is 13.8 Å². The number of nitrogens with zero attached hydrogens (tertiary/aromatic N) is 4. The minimum atomic E-state index is -0.157. The summed E-state index contributed by atoms with van der Waals surface area (Å²) in [6.07, 6.45) is 4.31. The fraction of sp³-hybridized carbons (Fsp3) is 0.154. The highest BCUT2D eigenvalue weighted by atomic mass is 16.1. The maximum absolute atomic E-state index is 12.3. The Hall–Kier alpha value is -2.43. The van der Waals surface area contributed by atoms with Crippen molar-refractivity contribution < 1.29 is 0 Å². The lowest BCUT2D eigenvalue weighted by atomic mass is 10.3. The minimum absolute atomic E-state index is 0.157. The summed E-state index contributed by atoms with van der Waals surface area (Å²) in [5.74, 6) is 0.794. The van der Waals surface area contributed by atoms with Gasteiger partial charge in [-0.2, -0.15) is 0 Å². The van der Waals surface area contributed by atoms with Crippen LogP contribution in [-0.4, -0.2) is 19.2 Å². The lowest BCUT2D eigenvalue weighted by Crippen LogP contribution is -2.20. The fourth-order valence-corrected chi connectivity index (χ4v) is 1.97. The Morgan fingerprint density at radius 2 is 1.89 bits per heavy atom. The lowest BCUT2D eigenvalue weighted by Gasteiger charge is -2.05. The molecule has 3 aromatic rings. The van der Waals surface area contributed by atoms with Crippen molar-refractivity contribution >= 4 is 5.65 Å². The monoisotopic (exact) mass is 240 g/mol. The molecule has 0 aliphatic carbocycles. The molecule has 0 unspecified atom stereocenters. The van der Waals surface area contributed by atoms with Crippen molar-refractivity contribution in [3.05, 3.63) is 58.9 Å². The molecule has 2 aromatic heterocycles. The summed E-state index contributed by atoms with van der Waals surface area (Å²) in [4.78, 5) is 12.3. The van der Waals surface area contributed by atoms with E-state index in [0.717, 1.165) is 17.9 Å². The molecule has 5 nitrogen and oxygen atoms in total. The normalized spacial score (nSPS) is 10.9. The smallest absolute Gasteiger partial charge is 0.280 e. The van der Waals surface area contributed by atoms with E-state index in [-0.39, 0.29) is 5.56 Å². The molecule has 0 bridgehead atoms. The van der Waals surface area contributed by atoms with Crippen LogP contribution < -0.4 is 5.56 Å². The molecule has 0 saturated heterocycles. The molecule has 0 amide bonds. The average Bonchev–Trinajstić information content (AvgIpc) is 2.84. The van der Waals surface area contributed by atoms with Crippen molar-refractivity contribution in [3.8, 4) is 5.69 Å². The van der Waals surface area contributed by atoms with E-state index < -0.39 is 0 Å². The van der Waals surface area contributed by atoms with Crippen molar-refractivity contribution in [2.45, 2.75) is 13.3 Å². The maximum Gasteiger partial charge on any atom is 0.300 e. The van der Waals surface area contributed by atoms with E-state index in [1.54, 1.807) is 15.2 Å². The van der Waals surface area contributed by atoms with Gasteiger partial charge in [-0.05, 0) is 12.1 Å². The van der Waals surface area contributed by atoms with Crippen molar-refractivity contribution in [2.24, 2.45) is 0 Å². The molecule has 0 saturated carbocycles. The van der Waals surface area contributed by atoms with Gasteiger partial charge in [-0.1, -0.05) is 25.1 Å². The average molecular weight is 240 g/mol. The van der Waals surface area contributed by atoms with E-state index >= 15 is 0 Å². The SMILES string of the molecule is CCc1nnc2c(=O)n(-c3ccccc3)ccn12. The second-order valence-electron chi connectivity index (χ2n) is 3.97. The van der Waals surface area contributed by atoms with Crippen LogP contribution in [0.15, 0.2) is 47.5 Å². The Kier molecular flexibility index (Phi) is 2.44. The molecule has 0 fully saturated rings. The van der Waals surface area contributed by atoms with Crippen LogP contribution in [0.5, 0.6) is 0 Å². The van der Waals surface area contributed by atoms with E-state index in [1.165, 1.54) is 0 Å². The summed E-state index contributed by atoms with van der Waals surface area (Å²) in [5, 5.41) is 7.96. The van der Waals surface area contributed by atoms with Crippen LogP contribution in [0.2, 0.25) is 0 Å². The van der Waals surface area contributed by atoms with Crippen LogP contribution in [0.4, 0.5) is 0 Å². The Labute approximate surface area is 103 Å². The molecular weight excluding hydrogens is 228 g/mol. The lowest BCUT2D eigenvalue weighted by molar-refractivity contribution is 0.890. The zero-order chi connectivity index (χ0) is 12.5. The maximum atomic E-state index is 12.3. The Bertz CT molecular complexity index is 743. The number of benzene rings is 1. The van der Waals surface area contributed by atoms with Crippen LogP contribution in [0.25, 0.3) is 11.3 Å². The van der Waals surface area contributed by atoms with Gasteiger partial charge in [0.1, 0.15) is 5.82 Å². The highest BCUT2D eigenvalue weighted by Gasteiger charge is 2.09. The van der Waals surface area contributed by atoms with Gasteiger partial charge in [0, 0.05) is 24.5 Å². The molecule has 0 atom stereocenters. The number of para-hydroxylation sites is 1. The molecule has 1 aromatic carbocycles. The van der Waals surface area contributed by atoms with Gasteiger partial charge in [0.15, 0.2) is 0 Å². The van der Waals surface area contributed by atoms with Crippen LogP contribution in [-0.2, 0) is 6.42 Å². The topological polar surface area (TPSA) is 52.2 Å². The summed E-state index contributed by atoms with van der Waals surface area (Å²) in [7, 11) is 0. The summed E-state index contributed by atoms with van der Waals surface area (Å²) >= 11 is 0. The van der Waals surface area contributed by atoms with E-state index in [2.05, 4.69) is 10.2 Å². The first-order valence-corrected chi connectivity index (χ1v) is 5.82. The summed E-state index contributed by atoms with van der Waals surface area (Å²) in [5.41, 5.74) is 1.03. The zero-order valence-corrected chi connectivity index (χ0v) is 9.95. The third-order valence-corrected chi connectivity index (χ3v) is 2.89. The molecule has 0 N–H and O–H groups in total. The van der Waals surface area contributed by atoms with Gasteiger partial charge in [0.2, 0.25) is 5.65 Å². The number of aromatic nitrogens is 4. The number of fused-ring (bicyclic) bond motifs is 1. The molecule has 18 heavy (non-hydrogen) atoms. The van der Waals surface area contributed by atoms with E-state index in [0.29, 0.717) is 5.65 Å². The van der Waals surface area contributed by atoms with Gasteiger partial charge in [-0.25, -0.2) is 0 Å². The third-order valence-electron chi connectivity index (χ3n) is 2.89. The standard InChI is InChI=1S/C13H12N4O/c1-2-11-14-15-12-13(18)16(8-9-17(11)12)10-6-4-3-5-7-10/h3-9H,2H2,1H3. The number of rotatable bonds is 2. The van der Waals surface area contributed by atoms with Gasteiger partial charge in [0.05, 0.1) is 0 Å². The van der Waals surface area contributed by atoms with Crippen LogP contribution >= 0.6 is 0 Å². The highest BCUT2D eigenvalue weighted by Crippen LogP contribution is 2.05. The molecule has 0 radical (unpaired) electrons. The number of aryl methyl sites for hydroxylation is 1. The second kappa shape index (κ2) is 4.10. The first-order chi connectivity index (χ1) is 8.81. The Balaban J connectivity index is 2.28.